The highest BCUT2D eigenvalue weighted by molar-refractivity contribution is 5.26. The molecular formula is C10H15N. The maximum atomic E-state index is 3.29. The topological polar surface area (TPSA) is 12.0 Å². The summed E-state index contributed by atoms with van der Waals surface area (Å²) in [5, 5.41) is 3.29. The summed E-state index contributed by atoms with van der Waals surface area (Å²) in [4.78, 5) is 0. The average molecular weight is 149 g/mol. The number of nitrogens with one attached hydrogen (secondary N) is 1. The lowest BCUT2D eigenvalue weighted by molar-refractivity contribution is 0.844. The van der Waals surface area contributed by atoms with E-state index in [2.05, 4.69) is 49.5 Å². The molecule has 1 rings (SSSR count). The van der Waals surface area contributed by atoms with Crippen molar-refractivity contribution in [1.29, 1.82) is 0 Å². The fraction of sp³-hybridized carbons (Fsp3) is 0.400. The molecule has 0 fully saturated rings. The van der Waals surface area contributed by atoms with Gasteiger partial charge in [-0.25, -0.2) is 0 Å². The zero-order valence-corrected chi connectivity index (χ0v) is 7.17. The maximum Gasteiger partial charge on any atom is 0.0305 e. The highest BCUT2D eigenvalue weighted by Crippen LogP contribution is 2.07. The summed E-state index contributed by atoms with van der Waals surface area (Å²) in [6.07, 6.45) is 10.7. The molecule has 1 atom stereocenters. The van der Waals surface area contributed by atoms with E-state index in [1.54, 1.807) is 0 Å². The zero-order valence-electron chi connectivity index (χ0n) is 7.17. The quantitative estimate of drug-likeness (QED) is 0.635. The molecule has 1 nitrogen and oxygen atoms in total. The molecule has 11 heavy (non-hydrogen) atoms. The first-order valence-corrected chi connectivity index (χ1v) is 4.13. The van der Waals surface area contributed by atoms with E-state index in [9.17, 15) is 0 Å². The largest absolute Gasteiger partial charge is 0.386 e. The second-order valence-corrected chi connectivity index (χ2v) is 2.76. The van der Waals surface area contributed by atoms with Gasteiger partial charge in [-0.1, -0.05) is 31.2 Å². The van der Waals surface area contributed by atoms with Gasteiger partial charge in [0.05, 0.1) is 0 Å². The van der Waals surface area contributed by atoms with Crippen LogP contribution in [0.15, 0.2) is 36.1 Å². The molecule has 0 saturated carbocycles. The van der Waals surface area contributed by atoms with Crippen molar-refractivity contribution in [2.75, 3.05) is 6.54 Å². The maximum absolute atomic E-state index is 3.29. The Balaban J connectivity index is 2.63. The van der Waals surface area contributed by atoms with Crippen molar-refractivity contribution in [1.82, 2.24) is 5.32 Å². The van der Waals surface area contributed by atoms with E-state index in [1.165, 1.54) is 5.70 Å². The fourth-order valence-corrected chi connectivity index (χ4v) is 1.11. The number of likely N-dealkylation sites (N-methyl/N-ethyl adjacent to an activating group) is 1. The summed E-state index contributed by atoms with van der Waals surface area (Å²) in [6, 6.07) is 0. The van der Waals surface area contributed by atoms with Crippen molar-refractivity contribution < 1.29 is 0 Å². The van der Waals surface area contributed by atoms with Gasteiger partial charge in [-0.3, -0.25) is 0 Å². The van der Waals surface area contributed by atoms with Gasteiger partial charge in [0.2, 0.25) is 0 Å². The van der Waals surface area contributed by atoms with E-state index < -0.39 is 0 Å². The van der Waals surface area contributed by atoms with Gasteiger partial charge in [-0.05, 0) is 18.9 Å². The summed E-state index contributed by atoms with van der Waals surface area (Å²) in [7, 11) is 0. The Kier molecular flexibility index (Phi) is 2.96. The Morgan fingerprint density at radius 3 is 3.00 bits per heavy atom. The second kappa shape index (κ2) is 4.02. The molecule has 1 heteroatoms. The molecule has 0 spiro atoms. The third kappa shape index (κ3) is 2.62. The van der Waals surface area contributed by atoms with Crippen LogP contribution in [-0.2, 0) is 0 Å². The Hall–Kier alpha value is -0.980. The molecule has 0 aromatic carbocycles. The zero-order chi connectivity index (χ0) is 8.10. The molecule has 0 saturated heterocycles. The highest BCUT2D eigenvalue weighted by atomic mass is 14.9. The van der Waals surface area contributed by atoms with Gasteiger partial charge < -0.3 is 5.32 Å². The number of allylic oxidation sites excluding steroid dienone is 5. The third-order valence-electron chi connectivity index (χ3n) is 1.62. The Bertz CT molecular complexity index is 199. The van der Waals surface area contributed by atoms with E-state index in [0.29, 0.717) is 5.92 Å². The first kappa shape index (κ1) is 8.12. The Morgan fingerprint density at radius 2 is 2.27 bits per heavy atom. The van der Waals surface area contributed by atoms with Gasteiger partial charge in [-0.2, -0.15) is 0 Å². The molecule has 1 aliphatic carbocycles. The molecule has 0 aromatic heterocycles. The smallest absolute Gasteiger partial charge is 0.0305 e. The minimum Gasteiger partial charge on any atom is -0.386 e. The van der Waals surface area contributed by atoms with Crippen LogP contribution in [0.4, 0.5) is 0 Å². The lowest BCUT2D eigenvalue weighted by Crippen LogP contribution is -2.10. The predicted molar refractivity (Wildman–Crippen MR) is 49.2 cm³/mol. The lowest BCUT2D eigenvalue weighted by Gasteiger charge is -2.04. The van der Waals surface area contributed by atoms with E-state index >= 15 is 0 Å². The molecule has 60 valence electrons. The Morgan fingerprint density at radius 1 is 1.45 bits per heavy atom. The molecule has 0 bridgehead atoms. The molecule has 0 amide bonds. The van der Waals surface area contributed by atoms with Crippen LogP contribution in [-0.4, -0.2) is 6.54 Å². The molecule has 0 aromatic rings. The van der Waals surface area contributed by atoms with E-state index in [-0.39, 0.29) is 0 Å². The lowest BCUT2D eigenvalue weighted by atomic mass is 10.1. The molecule has 0 radical (unpaired) electrons. The van der Waals surface area contributed by atoms with Gasteiger partial charge in [0.15, 0.2) is 0 Å². The van der Waals surface area contributed by atoms with E-state index in [1.807, 2.05) is 0 Å². The highest BCUT2D eigenvalue weighted by Gasteiger charge is 1.96. The van der Waals surface area contributed by atoms with Crippen LogP contribution in [0.25, 0.3) is 0 Å². The normalized spacial score (nSPS) is 22.7. The SMILES string of the molecule is CCNC1=CC(C)C=CC=C1. The summed E-state index contributed by atoms with van der Waals surface area (Å²) in [6.45, 7) is 5.28. The number of hydrogen-bond acceptors (Lipinski definition) is 1. The number of hydrogen-bond donors (Lipinski definition) is 1. The standard InChI is InChI=1S/C10H15N/c1-3-11-10-7-5-4-6-9(2)8-10/h4-9,11H,3H2,1-2H3. The van der Waals surface area contributed by atoms with Crippen molar-refractivity contribution in [3.8, 4) is 0 Å². The molecule has 0 heterocycles. The number of rotatable bonds is 2. The van der Waals surface area contributed by atoms with Gasteiger partial charge in [0.1, 0.15) is 0 Å². The van der Waals surface area contributed by atoms with Gasteiger partial charge >= 0.3 is 0 Å². The molecule has 0 aliphatic heterocycles. The fourth-order valence-electron chi connectivity index (χ4n) is 1.11. The molecular weight excluding hydrogens is 134 g/mol. The summed E-state index contributed by atoms with van der Waals surface area (Å²) in [5.74, 6) is 0.541. The van der Waals surface area contributed by atoms with Crippen molar-refractivity contribution in [3.05, 3.63) is 36.1 Å². The van der Waals surface area contributed by atoms with Crippen LogP contribution >= 0.6 is 0 Å². The van der Waals surface area contributed by atoms with Crippen LogP contribution in [0.3, 0.4) is 0 Å². The molecule has 1 N–H and O–H groups in total. The van der Waals surface area contributed by atoms with E-state index in [0.717, 1.165) is 6.54 Å². The Labute approximate surface area is 68.5 Å². The monoisotopic (exact) mass is 149 g/mol. The minimum absolute atomic E-state index is 0.541. The van der Waals surface area contributed by atoms with Crippen LogP contribution in [0.5, 0.6) is 0 Å². The van der Waals surface area contributed by atoms with Gasteiger partial charge in [-0.15, -0.1) is 0 Å². The van der Waals surface area contributed by atoms with E-state index in [4.69, 9.17) is 0 Å². The van der Waals surface area contributed by atoms with Crippen LogP contribution in [0, 0.1) is 5.92 Å². The summed E-state index contributed by atoms with van der Waals surface area (Å²) < 4.78 is 0. The van der Waals surface area contributed by atoms with Crippen molar-refractivity contribution in [3.63, 3.8) is 0 Å². The van der Waals surface area contributed by atoms with Crippen molar-refractivity contribution >= 4 is 0 Å². The van der Waals surface area contributed by atoms with Crippen LogP contribution < -0.4 is 5.32 Å². The first-order chi connectivity index (χ1) is 5.33. The first-order valence-electron chi connectivity index (χ1n) is 4.13. The van der Waals surface area contributed by atoms with Crippen molar-refractivity contribution in [2.45, 2.75) is 13.8 Å². The van der Waals surface area contributed by atoms with Gasteiger partial charge in [0, 0.05) is 12.2 Å². The minimum atomic E-state index is 0.541. The molecule has 1 aliphatic rings. The average Bonchev–Trinajstić information content (AvgIpc) is 2.15. The van der Waals surface area contributed by atoms with Gasteiger partial charge in [0.25, 0.3) is 0 Å². The molecule has 1 unspecified atom stereocenters. The van der Waals surface area contributed by atoms with Crippen LogP contribution in [0.1, 0.15) is 13.8 Å². The van der Waals surface area contributed by atoms with Crippen LogP contribution in [0.2, 0.25) is 0 Å². The van der Waals surface area contributed by atoms with Crippen molar-refractivity contribution in [2.24, 2.45) is 5.92 Å². The summed E-state index contributed by atoms with van der Waals surface area (Å²) in [5.41, 5.74) is 1.23. The third-order valence-corrected chi connectivity index (χ3v) is 1.62. The summed E-state index contributed by atoms with van der Waals surface area (Å²) >= 11 is 0. The predicted octanol–water partition coefficient (Wildman–Crippen LogP) is 2.24. The second-order valence-electron chi connectivity index (χ2n) is 2.76.